The minimum absolute atomic E-state index is 0.00172. The number of rotatable bonds is 6. The summed E-state index contributed by atoms with van der Waals surface area (Å²) < 4.78 is 5.74. The van der Waals surface area contributed by atoms with Crippen molar-refractivity contribution in [1.82, 2.24) is 20.0 Å². The van der Waals surface area contributed by atoms with Crippen molar-refractivity contribution in [3.8, 4) is 5.88 Å². The molecule has 4 rings (SSSR count). The lowest BCUT2D eigenvalue weighted by atomic mass is 10.1. The van der Waals surface area contributed by atoms with Crippen LogP contribution in [0.1, 0.15) is 40.0 Å². The lowest BCUT2D eigenvalue weighted by molar-refractivity contribution is -0.130. The van der Waals surface area contributed by atoms with Crippen LogP contribution in [0.3, 0.4) is 0 Å². The second kappa shape index (κ2) is 7.75. The van der Waals surface area contributed by atoms with E-state index in [0.717, 1.165) is 6.42 Å². The van der Waals surface area contributed by atoms with Crippen LogP contribution in [0, 0.1) is 0 Å². The number of likely N-dealkylation sites (tertiary alicyclic amines) is 1. The second-order valence-electron chi connectivity index (χ2n) is 6.84. The van der Waals surface area contributed by atoms with E-state index in [0.29, 0.717) is 36.5 Å². The summed E-state index contributed by atoms with van der Waals surface area (Å²) in [5.74, 6) is -0.118. The lowest BCUT2D eigenvalue weighted by Gasteiger charge is -2.18. The Kier molecular flexibility index (Phi) is 5.01. The van der Waals surface area contributed by atoms with Crippen molar-refractivity contribution >= 4 is 17.7 Å². The van der Waals surface area contributed by atoms with Crippen molar-refractivity contribution < 1.29 is 19.1 Å². The van der Waals surface area contributed by atoms with Crippen molar-refractivity contribution in [2.24, 2.45) is 0 Å². The fourth-order valence-electron chi connectivity index (χ4n) is 3.56. The van der Waals surface area contributed by atoms with E-state index >= 15 is 0 Å². The van der Waals surface area contributed by atoms with Crippen LogP contribution in [-0.4, -0.2) is 63.5 Å². The number of aromatic nitrogens is 2. The minimum Gasteiger partial charge on any atom is -0.471 e. The molecule has 1 aromatic carbocycles. The largest absolute Gasteiger partial charge is 0.471 e. The van der Waals surface area contributed by atoms with Gasteiger partial charge in [0.25, 0.3) is 11.8 Å². The lowest BCUT2D eigenvalue weighted by Crippen LogP contribution is -2.33. The van der Waals surface area contributed by atoms with Crippen LogP contribution in [0.4, 0.5) is 0 Å². The minimum atomic E-state index is -0.286. The Morgan fingerprint density at radius 3 is 2.54 bits per heavy atom. The van der Waals surface area contributed by atoms with Crippen molar-refractivity contribution in [3.05, 3.63) is 53.7 Å². The van der Waals surface area contributed by atoms with Crippen molar-refractivity contribution in [2.45, 2.75) is 25.4 Å². The monoisotopic (exact) mass is 380 g/mol. The molecule has 2 aliphatic rings. The summed E-state index contributed by atoms with van der Waals surface area (Å²) in [6.45, 7) is 1.37. The summed E-state index contributed by atoms with van der Waals surface area (Å²) in [6, 6.07) is 10.3. The van der Waals surface area contributed by atoms with Gasteiger partial charge in [-0.2, -0.15) is 5.10 Å². The summed E-state index contributed by atoms with van der Waals surface area (Å²) >= 11 is 0. The molecule has 2 aliphatic heterocycles. The van der Waals surface area contributed by atoms with E-state index in [1.54, 1.807) is 47.5 Å². The van der Waals surface area contributed by atoms with Gasteiger partial charge in [-0.3, -0.25) is 19.3 Å². The van der Waals surface area contributed by atoms with Gasteiger partial charge in [0.15, 0.2) is 0 Å². The third kappa shape index (κ3) is 3.58. The Balaban J connectivity index is 1.24. The van der Waals surface area contributed by atoms with Gasteiger partial charge in [0, 0.05) is 38.2 Å². The van der Waals surface area contributed by atoms with Crippen LogP contribution in [-0.2, 0) is 4.79 Å². The number of ether oxygens (including phenoxy) is 1. The second-order valence-corrected chi connectivity index (χ2v) is 6.84. The fraction of sp³-hybridized carbons (Fsp3) is 0.350. The van der Waals surface area contributed by atoms with E-state index in [2.05, 4.69) is 10.2 Å². The highest BCUT2D eigenvalue weighted by atomic mass is 16.5. The van der Waals surface area contributed by atoms with Gasteiger partial charge in [0.1, 0.15) is 6.10 Å². The maximum atomic E-state index is 12.5. The molecule has 0 bridgehead atoms. The average molecular weight is 380 g/mol. The number of hydrogen-bond donors (Lipinski definition) is 0. The Bertz CT molecular complexity index is 867. The first-order valence-electron chi connectivity index (χ1n) is 9.31. The molecule has 0 spiro atoms. The molecule has 144 valence electrons. The molecule has 3 heterocycles. The molecule has 8 heteroatoms. The van der Waals surface area contributed by atoms with E-state index < -0.39 is 0 Å². The number of fused-ring (bicyclic) bond motifs is 1. The SMILES string of the molecule is O=C(CCCN1C(=O)c2ccccc2C1=O)N1CCC(Oc2cccnn2)C1. The zero-order valence-corrected chi connectivity index (χ0v) is 15.3. The summed E-state index contributed by atoms with van der Waals surface area (Å²) in [7, 11) is 0. The molecule has 0 radical (unpaired) electrons. The van der Waals surface area contributed by atoms with Gasteiger partial charge in [-0.25, -0.2) is 0 Å². The average Bonchev–Trinajstić information content (AvgIpc) is 3.28. The predicted molar refractivity (Wildman–Crippen MR) is 98.7 cm³/mol. The van der Waals surface area contributed by atoms with E-state index in [-0.39, 0.29) is 36.8 Å². The van der Waals surface area contributed by atoms with E-state index in [9.17, 15) is 14.4 Å². The first-order valence-corrected chi connectivity index (χ1v) is 9.31. The molecule has 1 saturated heterocycles. The molecule has 0 aliphatic carbocycles. The van der Waals surface area contributed by atoms with Crippen LogP contribution >= 0.6 is 0 Å². The molecular formula is C20H20N4O4. The molecule has 28 heavy (non-hydrogen) atoms. The molecule has 2 aromatic rings. The number of imide groups is 1. The molecule has 0 N–H and O–H groups in total. The Hall–Kier alpha value is -3.29. The third-order valence-electron chi connectivity index (χ3n) is 4.98. The van der Waals surface area contributed by atoms with Gasteiger partial charge in [0.05, 0.1) is 17.7 Å². The third-order valence-corrected chi connectivity index (χ3v) is 4.98. The zero-order valence-electron chi connectivity index (χ0n) is 15.3. The van der Waals surface area contributed by atoms with Gasteiger partial charge in [-0.05, 0) is 24.6 Å². The maximum absolute atomic E-state index is 12.5. The number of amides is 3. The van der Waals surface area contributed by atoms with E-state index in [4.69, 9.17) is 4.74 Å². The van der Waals surface area contributed by atoms with Crippen molar-refractivity contribution in [2.75, 3.05) is 19.6 Å². The van der Waals surface area contributed by atoms with Crippen LogP contribution < -0.4 is 4.74 Å². The summed E-state index contributed by atoms with van der Waals surface area (Å²) in [4.78, 5) is 40.1. The fourth-order valence-corrected chi connectivity index (χ4v) is 3.56. The highest BCUT2D eigenvalue weighted by Gasteiger charge is 2.35. The van der Waals surface area contributed by atoms with Gasteiger partial charge < -0.3 is 9.64 Å². The first-order chi connectivity index (χ1) is 13.6. The molecular weight excluding hydrogens is 360 g/mol. The molecule has 0 saturated carbocycles. The topological polar surface area (TPSA) is 92.7 Å². The highest BCUT2D eigenvalue weighted by Crippen LogP contribution is 2.23. The smallest absolute Gasteiger partial charge is 0.261 e. The number of hydrogen-bond acceptors (Lipinski definition) is 6. The number of carbonyl (C=O) groups excluding carboxylic acids is 3. The van der Waals surface area contributed by atoms with Crippen LogP contribution in [0.5, 0.6) is 5.88 Å². The Morgan fingerprint density at radius 1 is 1.11 bits per heavy atom. The molecule has 1 fully saturated rings. The molecule has 1 atom stereocenters. The Labute approximate surface area is 162 Å². The molecule has 1 aromatic heterocycles. The number of carbonyl (C=O) groups is 3. The highest BCUT2D eigenvalue weighted by molar-refractivity contribution is 6.21. The molecule has 8 nitrogen and oxygen atoms in total. The van der Waals surface area contributed by atoms with Crippen LogP contribution in [0.25, 0.3) is 0 Å². The number of benzene rings is 1. The van der Waals surface area contributed by atoms with Crippen molar-refractivity contribution in [1.29, 1.82) is 0 Å². The van der Waals surface area contributed by atoms with Crippen LogP contribution in [0.2, 0.25) is 0 Å². The Morgan fingerprint density at radius 2 is 1.86 bits per heavy atom. The van der Waals surface area contributed by atoms with E-state index in [1.165, 1.54) is 4.90 Å². The van der Waals surface area contributed by atoms with Gasteiger partial charge in [-0.1, -0.05) is 12.1 Å². The normalized spacial score (nSPS) is 18.5. The predicted octanol–water partition coefficient (Wildman–Crippen LogP) is 1.53. The summed E-state index contributed by atoms with van der Waals surface area (Å²) in [6.07, 6.45) is 2.94. The summed E-state index contributed by atoms with van der Waals surface area (Å²) in [5.41, 5.74) is 0.866. The van der Waals surface area contributed by atoms with Crippen LogP contribution in [0.15, 0.2) is 42.6 Å². The van der Waals surface area contributed by atoms with E-state index in [1.807, 2.05) is 0 Å². The van der Waals surface area contributed by atoms with Gasteiger partial charge in [-0.15, -0.1) is 5.10 Å². The maximum Gasteiger partial charge on any atom is 0.261 e. The van der Waals surface area contributed by atoms with Gasteiger partial charge >= 0.3 is 0 Å². The molecule has 3 amide bonds. The van der Waals surface area contributed by atoms with Gasteiger partial charge in [0.2, 0.25) is 11.8 Å². The first kappa shape index (κ1) is 18.1. The zero-order chi connectivity index (χ0) is 19.5. The quantitative estimate of drug-likeness (QED) is 0.706. The molecule has 1 unspecified atom stereocenters. The standard InChI is InChI=1S/C20H20N4O4/c25-18(23-12-9-14(13-23)28-17-7-3-10-21-22-17)8-4-11-24-19(26)15-5-1-2-6-16(15)20(24)27/h1-3,5-7,10,14H,4,8-9,11-13H2. The van der Waals surface area contributed by atoms with Crippen molar-refractivity contribution in [3.63, 3.8) is 0 Å². The summed E-state index contributed by atoms with van der Waals surface area (Å²) in [5, 5.41) is 7.66. The number of nitrogens with zero attached hydrogens (tertiary/aromatic N) is 4.